The number of likely N-dealkylation sites (tertiary alicyclic amines) is 1. The summed E-state index contributed by atoms with van der Waals surface area (Å²) in [5, 5.41) is 11.0. The number of hydrogen-bond donors (Lipinski definition) is 1. The molecule has 0 aliphatic carbocycles. The fraction of sp³-hybridized carbons (Fsp3) is 0.711. The topological polar surface area (TPSA) is 154 Å². The quantitative estimate of drug-likeness (QED) is 0.342. The normalized spacial score (nSPS) is 22.5. The van der Waals surface area contributed by atoms with Crippen LogP contribution in [0.15, 0.2) is 24.5 Å². The fourth-order valence-electron chi connectivity index (χ4n) is 8.59. The number of piperidine rings is 2. The van der Waals surface area contributed by atoms with Crippen molar-refractivity contribution in [2.45, 2.75) is 104 Å². The smallest absolute Gasteiger partial charge is 0.407 e. The summed E-state index contributed by atoms with van der Waals surface area (Å²) in [4.78, 5) is 36.7. The molecule has 4 aliphatic heterocycles. The lowest BCUT2D eigenvalue weighted by molar-refractivity contribution is -0.0414. The van der Waals surface area contributed by atoms with Crippen LogP contribution in [-0.4, -0.2) is 137 Å². The van der Waals surface area contributed by atoms with Crippen LogP contribution in [0.25, 0.3) is 0 Å². The number of carbonyl (C=O) groups is 2. The van der Waals surface area contributed by atoms with E-state index < -0.39 is 27.7 Å². The first-order valence-corrected chi connectivity index (χ1v) is 21.0. The zero-order valence-electron chi connectivity index (χ0n) is 33.3. The summed E-state index contributed by atoms with van der Waals surface area (Å²) in [6, 6.07) is 3.43. The second-order valence-corrected chi connectivity index (χ2v) is 19.2. The molecule has 1 aromatic heterocycles. The SMILES string of the molecule is CC(C)N(C(=O)c1cc(F)ccc1Oc1nncnc1N1CC[C@@H](CN2CC3(CCN(S(=O)(=O)N4CCC[C@@H](NC(=O)OC(C)(C)C)C4)CC3)C2)C1)C(C)C. The molecule has 4 fully saturated rings. The van der Waals surface area contributed by atoms with E-state index in [1.807, 2.05) is 27.7 Å². The maximum absolute atomic E-state index is 14.4. The number of amides is 2. The molecule has 0 unspecified atom stereocenters. The Hall–Kier alpha value is -3.67. The van der Waals surface area contributed by atoms with E-state index in [0.717, 1.165) is 52.0 Å². The number of halogens is 1. The molecule has 6 rings (SSSR count). The number of aromatic nitrogens is 3. The van der Waals surface area contributed by atoms with Crippen molar-refractivity contribution in [1.29, 1.82) is 0 Å². The highest BCUT2D eigenvalue weighted by Crippen LogP contribution is 2.42. The van der Waals surface area contributed by atoms with Crippen molar-refractivity contribution in [1.82, 2.24) is 38.9 Å². The largest absolute Gasteiger partial charge is 0.444 e. The Morgan fingerprint density at radius 2 is 1.73 bits per heavy atom. The molecule has 4 saturated heterocycles. The number of rotatable bonds is 11. The molecule has 304 valence electrons. The standard InChI is InChI=1S/C38H58FN9O6S/c1-26(2)48(27(3)4)35(49)31-19-29(39)10-11-32(31)53-34-33(40-25-41-43-34)45-16-12-28(21-45)20-44-23-38(24-44)13-17-46(18-14-38)55(51,52)47-15-8-9-30(22-47)42-36(50)54-37(5,6)7/h10-11,19,25-28,30H,8-9,12-18,20-24H2,1-7H3,(H,42,50)/t28-,30+/m0/s1. The summed E-state index contributed by atoms with van der Waals surface area (Å²) >= 11 is 0. The predicted molar refractivity (Wildman–Crippen MR) is 206 cm³/mol. The Balaban J connectivity index is 0.999. The molecule has 1 N–H and O–H groups in total. The van der Waals surface area contributed by atoms with Gasteiger partial charge in [0, 0.05) is 77.0 Å². The third-order valence-electron chi connectivity index (χ3n) is 11.1. The van der Waals surface area contributed by atoms with Gasteiger partial charge in [-0.15, -0.1) is 10.2 Å². The summed E-state index contributed by atoms with van der Waals surface area (Å²) in [6.07, 6.45) is 4.84. The lowest BCUT2D eigenvalue weighted by Crippen LogP contribution is -2.62. The van der Waals surface area contributed by atoms with Gasteiger partial charge in [0.1, 0.15) is 23.5 Å². The Labute approximate surface area is 325 Å². The van der Waals surface area contributed by atoms with Crippen LogP contribution in [0.1, 0.15) is 90.9 Å². The number of nitrogens with zero attached hydrogens (tertiary/aromatic N) is 8. The highest BCUT2D eigenvalue weighted by atomic mass is 32.2. The minimum atomic E-state index is -3.64. The van der Waals surface area contributed by atoms with Gasteiger partial charge in [-0.25, -0.2) is 14.2 Å². The number of hydrogen-bond acceptors (Lipinski definition) is 11. The van der Waals surface area contributed by atoms with Gasteiger partial charge in [0.25, 0.3) is 22.0 Å². The van der Waals surface area contributed by atoms with E-state index in [0.29, 0.717) is 44.2 Å². The molecule has 1 aromatic carbocycles. The minimum absolute atomic E-state index is 0.0976. The second kappa shape index (κ2) is 16.4. The van der Waals surface area contributed by atoms with E-state index in [2.05, 4.69) is 30.3 Å². The zero-order valence-corrected chi connectivity index (χ0v) is 34.1. The van der Waals surface area contributed by atoms with Crippen LogP contribution in [0.3, 0.4) is 0 Å². The molecule has 2 atom stereocenters. The Kier molecular flexibility index (Phi) is 12.2. The van der Waals surface area contributed by atoms with Gasteiger partial charge in [0.15, 0.2) is 5.82 Å². The maximum Gasteiger partial charge on any atom is 0.407 e. The van der Waals surface area contributed by atoms with E-state index in [-0.39, 0.29) is 53.2 Å². The van der Waals surface area contributed by atoms with Crippen LogP contribution in [0.5, 0.6) is 11.6 Å². The number of alkyl carbamates (subject to hydrolysis) is 1. The van der Waals surface area contributed by atoms with Gasteiger partial charge in [-0.3, -0.25) is 4.79 Å². The van der Waals surface area contributed by atoms with E-state index in [9.17, 15) is 22.4 Å². The highest BCUT2D eigenvalue weighted by Gasteiger charge is 2.48. The summed E-state index contributed by atoms with van der Waals surface area (Å²) in [7, 11) is -3.64. The van der Waals surface area contributed by atoms with Gasteiger partial charge in [-0.1, -0.05) is 0 Å². The summed E-state index contributed by atoms with van der Waals surface area (Å²) < 4.78 is 56.5. The lowest BCUT2D eigenvalue weighted by atomic mass is 9.72. The van der Waals surface area contributed by atoms with Crippen molar-refractivity contribution >= 4 is 28.0 Å². The summed E-state index contributed by atoms with van der Waals surface area (Å²) in [5.74, 6) is 0.400. The third-order valence-corrected chi connectivity index (χ3v) is 13.1. The summed E-state index contributed by atoms with van der Waals surface area (Å²) in [5.41, 5.74) is -0.388. The molecule has 55 heavy (non-hydrogen) atoms. The number of ether oxygens (including phenoxy) is 2. The van der Waals surface area contributed by atoms with Gasteiger partial charge >= 0.3 is 6.09 Å². The molecule has 1 spiro atoms. The van der Waals surface area contributed by atoms with Crippen LogP contribution in [0, 0.1) is 17.2 Å². The van der Waals surface area contributed by atoms with Crippen molar-refractivity contribution in [3.63, 3.8) is 0 Å². The Morgan fingerprint density at radius 3 is 2.40 bits per heavy atom. The molecule has 15 nitrogen and oxygen atoms in total. The number of carbonyl (C=O) groups excluding carboxylic acids is 2. The predicted octanol–water partition coefficient (Wildman–Crippen LogP) is 4.52. The molecule has 17 heteroatoms. The van der Waals surface area contributed by atoms with Crippen molar-refractivity contribution < 1.29 is 31.9 Å². The van der Waals surface area contributed by atoms with Crippen LogP contribution in [0.2, 0.25) is 0 Å². The van der Waals surface area contributed by atoms with Crippen LogP contribution >= 0.6 is 0 Å². The van der Waals surface area contributed by atoms with Gasteiger partial charge < -0.3 is 29.5 Å². The van der Waals surface area contributed by atoms with Crippen LogP contribution in [-0.2, 0) is 14.9 Å². The number of nitrogens with one attached hydrogen (secondary N) is 1. The zero-order chi connectivity index (χ0) is 39.7. The molecule has 2 aromatic rings. The maximum atomic E-state index is 14.4. The Bertz CT molecular complexity index is 1780. The van der Waals surface area contributed by atoms with E-state index in [1.165, 1.54) is 28.8 Å². The Morgan fingerprint density at radius 1 is 1.02 bits per heavy atom. The first-order valence-electron chi connectivity index (χ1n) is 19.6. The van der Waals surface area contributed by atoms with Crippen LogP contribution < -0.4 is 15.0 Å². The van der Waals surface area contributed by atoms with Gasteiger partial charge in [0.2, 0.25) is 0 Å². The van der Waals surface area contributed by atoms with Gasteiger partial charge in [-0.2, -0.15) is 17.0 Å². The molecular weight excluding hydrogens is 730 g/mol. The van der Waals surface area contributed by atoms with Crippen molar-refractivity contribution in [3.8, 4) is 11.6 Å². The average Bonchev–Trinajstić information content (AvgIpc) is 3.56. The molecule has 4 aliphatic rings. The van der Waals surface area contributed by atoms with Gasteiger partial charge in [-0.05, 0) is 110 Å². The van der Waals surface area contributed by atoms with Crippen molar-refractivity contribution in [3.05, 3.63) is 35.9 Å². The molecular formula is C38H58FN9O6S. The second-order valence-electron chi connectivity index (χ2n) is 17.3. The fourth-order valence-corrected chi connectivity index (χ4v) is 10.3. The number of anilines is 1. The van der Waals surface area contributed by atoms with E-state index >= 15 is 0 Å². The van der Waals surface area contributed by atoms with Gasteiger partial charge in [0.05, 0.1) is 5.56 Å². The van der Waals surface area contributed by atoms with E-state index in [4.69, 9.17) is 9.47 Å². The summed E-state index contributed by atoms with van der Waals surface area (Å²) in [6.45, 7) is 19.1. The molecule has 0 bridgehead atoms. The molecule has 5 heterocycles. The first-order chi connectivity index (χ1) is 25.9. The number of benzene rings is 1. The molecule has 2 amide bonds. The van der Waals surface area contributed by atoms with E-state index in [1.54, 1.807) is 30.0 Å². The van der Waals surface area contributed by atoms with Crippen molar-refractivity contribution in [2.75, 3.05) is 63.8 Å². The molecule has 0 saturated carbocycles. The molecule has 0 radical (unpaired) electrons. The highest BCUT2D eigenvalue weighted by molar-refractivity contribution is 7.86. The van der Waals surface area contributed by atoms with Crippen molar-refractivity contribution in [2.24, 2.45) is 11.3 Å². The lowest BCUT2D eigenvalue weighted by Gasteiger charge is -2.54. The first kappa shape index (κ1) is 41.0. The third kappa shape index (κ3) is 9.66. The average molecular weight is 788 g/mol. The minimum Gasteiger partial charge on any atom is -0.444 e. The van der Waals surface area contributed by atoms with Crippen LogP contribution in [0.4, 0.5) is 15.0 Å². The monoisotopic (exact) mass is 787 g/mol.